The highest BCUT2D eigenvalue weighted by atomic mass is 32.2. The Labute approximate surface area is 170 Å². The molecule has 2 unspecified atom stereocenters. The van der Waals surface area contributed by atoms with Crippen LogP contribution < -0.4 is 10.5 Å². The summed E-state index contributed by atoms with van der Waals surface area (Å²) in [7, 11) is -1.88. The van der Waals surface area contributed by atoms with E-state index in [1.54, 1.807) is 17.8 Å². The van der Waals surface area contributed by atoms with Gasteiger partial charge in [0.1, 0.15) is 5.82 Å². The molecule has 3 aromatic heterocycles. The summed E-state index contributed by atoms with van der Waals surface area (Å²) >= 11 is 1.25. The van der Waals surface area contributed by atoms with E-state index in [-0.39, 0.29) is 16.5 Å². The second-order valence-electron chi connectivity index (χ2n) is 6.65. The lowest BCUT2D eigenvalue weighted by Gasteiger charge is -2.24. The van der Waals surface area contributed by atoms with E-state index in [0.29, 0.717) is 17.1 Å². The maximum absolute atomic E-state index is 14.8. The third-order valence-corrected chi connectivity index (χ3v) is 6.86. The van der Waals surface area contributed by atoms with Crippen LogP contribution in [0.15, 0.2) is 56.1 Å². The van der Waals surface area contributed by atoms with Crippen molar-refractivity contribution in [2.75, 3.05) is 4.72 Å². The number of pyridine rings is 1. The molecule has 4 aromatic rings. The van der Waals surface area contributed by atoms with Gasteiger partial charge in [-0.2, -0.15) is 0 Å². The number of hydrogen-bond donors (Lipinski definition) is 1. The van der Waals surface area contributed by atoms with Gasteiger partial charge < -0.3 is 4.42 Å². The standard InChI is InChI=1S/C19H15FN4O3S2/c20-12-9-14-15(10-16(12)29(26)23-18-22-7-8-28-18)27-19(25)24(14)13-5-1-3-11-4-2-6-21-17(11)13/h2,4,6-10,13H,1,3,5H2,(H,22,23). The molecule has 2 atom stereocenters. The van der Waals surface area contributed by atoms with E-state index in [4.69, 9.17) is 4.42 Å². The molecule has 0 bridgehead atoms. The van der Waals surface area contributed by atoms with E-state index in [0.717, 1.165) is 24.1 Å². The van der Waals surface area contributed by atoms with Gasteiger partial charge in [0.2, 0.25) is 0 Å². The van der Waals surface area contributed by atoms with E-state index in [9.17, 15) is 13.4 Å². The molecule has 1 aromatic carbocycles. The maximum atomic E-state index is 14.8. The third-order valence-electron chi connectivity index (χ3n) is 4.96. The lowest BCUT2D eigenvalue weighted by Crippen LogP contribution is -2.26. The van der Waals surface area contributed by atoms with Crippen LogP contribution in [0.3, 0.4) is 0 Å². The number of oxazole rings is 1. The number of thiazole rings is 1. The number of benzene rings is 1. The summed E-state index contributed by atoms with van der Waals surface area (Å²) in [6.45, 7) is 0. The van der Waals surface area contributed by atoms with Crippen LogP contribution in [0, 0.1) is 5.82 Å². The first-order chi connectivity index (χ1) is 14.1. The van der Waals surface area contributed by atoms with Crippen LogP contribution in [-0.2, 0) is 17.4 Å². The fourth-order valence-corrected chi connectivity index (χ4v) is 5.28. The van der Waals surface area contributed by atoms with Crippen molar-refractivity contribution < 1.29 is 13.0 Å². The molecule has 10 heteroatoms. The number of nitrogens with one attached hydrogen (secondary N) is 1. The minimum Gasteiger partial charge on any atom is -0.408 e. The number of nitrogens with zero attached hydrogens (tertiary/aromatic N) is 3. The van der Waals surface area contributed by atoms with Crippen molar-refractivity contribution in [2.24, 2.45) is 0 Å². The fraction of sp³-hybridized carbons (Fsp3) is 0.211. The van der Waals surface area contributed by atoms with Crippen LogP contribution in [-0.4, -0.2) is 18.7 Å². The smallest absolute Gasteiger partial charge is 0.408 e. The molecule has 148 valence electrons. The average Bonchev–Trinajstić information content (AvgIpc) is 3.33. The molecule has 29 heavy (non-hydrogen) atoms. The molecule has 0 amide bonds. The summed E-state index contributed by atoms with van der Waals surface area (Å²) in [5, 5.41) is 2.13. The lowest BCUT2D eigenvalue weighted by atomic mass is 9.91. The molecule has 3 heterocycles. The number of aromatic nitrogens is 3. The number of fused-ring (bicyclic) bond motifs is 2. The highest BCUT2D eigenvalue weighted by Crippen LogP contribution is 2.33. The van der Waals surface area contributed by atoms with E-state index >= 15 is 0 Å². The maximum Gasteiger partial charge on any atom is 0.420 e. The van der Waals surface area contributed by atoms with Gasteiger partial charge in [-0.25, -0.2) is 18.4 Å². The zero-order chi connectivity index (χ0) is 20.0. The van der Waals surface area contributed by atoms with Crippen LogP contribution in [0.25, 0.3) is 11.1 Å². The highest BCUT2D eigenvalue weighted by Gasteiger charge is 2.28. The quantitative estimate of drug-likeness (QED) is 0.534. The van der Waals surface area contributed by atoms with E-state index in [2.05, 4.69) is 14.7 Å². The summed E-state index contributed by atoms with van der Waals surface area (Å²) in [5.41, 5.74) is 2.40. The normalized spacial score (nSPS) is 17.2. The first-order valence-corrected chi connectivity index (χ1v) is 11.0. The molecule has 1 aliphatic rings. The zero-order valence-electron chi connectivity index (χ0n) is 15.0. The molecule has 0 fully saturated rings. The van der Waals surface area contributed by atoms with Crippen molar-refractivity contribution in [3.8, 4) is 0 Å². The molecular weight excluding hydrogens is 415 g/mol. The SMILES string of the molecule is O=c1oc2cc(S(=O)Nc3nccs3)c(F)cc2n1C1CCCc2cccnc21. The van der Waals surface area contributed by atoms with Crippen molar-refractivity contribution in [2.45, 2.75) is 30.2 Å². The summed E-state index contributed by atoms with van der Waals surface area (Å²) in [5.74, 6) is -1.27. The number of anilines is 1. The average molecular weight is 430 g/mol. The third kappa shape index (κ3) is 3.18. The van der Waals surface area contributed by atoms with Crippen molar-refractivity contribution >= 4 is 38.6 Å². The molecule has 0 radical (unpaired) electrons. The Morgan fingerprint density at radius 1 is 1.31 bits per heavy atom. The van der Waals surface area contributed by atoms with Crippen LogP contribution >= 0.6 is 11.3 Å². The van der Waals surface area contributed by atoms with Gasteiger partial charge in [0.05, 0.1) is 22.1 Å². The van der Waals surface area contributed by atoms with Gasteiger partial charge in [-0.15, -0.1) is 11.3 Å². The molecule has 0 aliphatic heterocycles. The second-order valence-corrected chi connectivity index (χ2v) is 8.73. The number of rotatable bonds is 4. The van der Waals surface area contributed by atoms with Crippen LogP contribution in [0.1, 0.15) is 30.1 Å². The Hall–Kier alpha value is -2.85. The Morgan fingerprint density at radius 3 is 3.03 bits per heavy atom. The predicted molar refractivity (Wildman–Crippen MR) is 108 cm³/mol. The van der Waals surface area contributed by atoms with Gasteiger partial charge in [0, 0.05) is 29.9 Å². The van der Waals surface area contributed by atoms with Gasteiger partial charge in [-0.3, -0.25) is 14.3 Å². The topological polar surface area (TPSA) is 90.0 Å². The fourth-order valence-electron chi connectivity index (χ4n) is 3.72. The first kappa shape index (κ1) is 18.2. The lowest BCUT2D eigenvalue weighted by molar-refractivity contribution is 0.429. The number of halogens is 1. The predicted octanol–water partition coefficient (Wildman–Crippen LogP) is 3.65. The molecule has 7 nitrogen and oxygen atoms in total. The summed E-state index contributed by atoms with van der Waals surface area (Å²) in [6, 6.07) is 6.05. The minimum atomic E-state index is -1.88. The molecule has 0 saturated carbocycles. The Morgan fingerprint density at radius 2 is 2.21 bits per heavy atom. The van der Waals surface area contributed by atoms with Crippen LogP contribution in [0.2, 0.25) is 0 Å². The zero-order valence-corrected chi connectivity index (χ0v) is 16.6. The van der Waals surface area contributed by atoms with Crippen molar-refractivity contribution in [3.63, 3.8) is 0 Å². The molecule has 1 N–H and O–H groups in total. The van der Waals surface area contributed by atoms with Gasteiger partial charge in [0.15, 0.2) is 21.7 Å². The first-order valence-electron chi connectivity index (χ1n) is 8.98. The molecule has 5 rings (SSSR count). The van der Waals surface area contributed by atoms with Crippen molar-refractivity contribution in [3.05, 3.63) is 69.7 Å². The Kier molecular flexibility index (Phi) is 4.51. The van der Waals surface area contributed by atoms with Crippen molar-refractivity contribution in [1.82, 2.24) is 14.5 Å². The Bertz CT molecular complexity index is 1280. The second kappa shape index (κ2) is 7.20. The summed E-state index contributed by atoms with van der Waals surface area (Å²) in [4.78, 5) is 21.0. The minimum absolute atomic E-state index is 0.101. The summed E-state index contributed by atoms with van der Waals surface area (Å²) in [6.07, 6.45) is 5.74. The number of aryl methyl sites for hydroxylation is 1. The van der Waals surface area contributed by atoms with Crippen LogP contribution in [0.4, 0.5) is 9.52 Å². The van der Waals surface area contributed by atoms with Gasteiger partial charge in [-0.05, 0) is 30.9 Å². The molecule has 0 spiro atoms. The monoisotopic (exact) mass is 430 g/mol. The molecular formula is C19H15FN4O3S2. The van der Waals surface area contributed by atoms with Gasteiger partial charge >= 0.3 is 5.76 Å². The Balaban J connectivity index is 1.59. The highest BCUT2D eigenvalue weighted by molar-refractivity contribution is 7.86. The van der Waals surface area contributed by atoms with E-state index in [1.807, 2.05) is 12.1 Å². The van der Waals surface area contributed by atoms with E-state index < -0.39 is 22.6 Å². The molecule has 0 saturated heterocycles. The largest absolute Gasteiger partial charge is 0.420 e. The summed E-state index contributed by atoms with van der Waals surface area (Å²) < 4.78 is 36.8. The number of hydrogen-bond acceptors (Lipinski definition) is 6. The van der Waals surface area contributed by atoms with Crippen molar-refractivity contribution in [1.29, 1.82) is 0 Å². The van der Waals surface area contributed by atoms with Crippen LogP contribution in [0.5, 0.6) is 0 Å². The molecule has 1 aliphatic carbocycles. The van der Waals surface area contributed by atoms with Gasteiger partial charge in [0.25, 0.3) is 0 Å². The van der Waals surface area contributed by atoms with E-state index in [1.165, 1.54) is 28.0 Å². The van der Waals surface area contributed by atoms with Gasteiger partial charge in [-0.1, -0.05) is 6.07 Å².